The molecule has 0 radical (unpaired) electrons. The summed E-state index contributed by atoms with van der Waals surface area (Å²) in [6, 6.07) is 7.97. The maximum atomic E-state index is 13.0. The zero-order valence-electron chi connectivity index (χ0n) is 16.2. The van der Waals surface area contributed by atoms with Gasteiger partial charge >= 0.3 is 0 Å². The molecule has 1 aliphatic rings. The molecule has 29 heavy (non-hydrogen) atoms. The van der Waals surface area contributed by atoms with Crippen molar-refractivity contribution in [1.29, 1.82) is 0 Å². The van der Waals surface area contributed by atoms with Gasteiger partial charge in [0, 0.05) is 28.6 Å². The van der Waals surface area contributed by atoms with Crippen molar-refractivity contribution in [2.75, 3.05) is 13.1 Å². The van der Waals surface area contributed by atoms with Gasteiger partial charge in [0.1, 0.15) is 6.04 Å². The average molecular weight is 434 g/mol. The lowest BCUT2D eigenvalue weighted by Gasteiger charge is -2.31. The summed E-state index contributed by atoms with van der Waals surface area (Å²) in [6.07, 6.45) is 2.17. The number of hydrogen-bond donors (Lipinski definition) is 2. The van der Waals surface area contributed by atoms with Gasteiger partial charge in [0.05, 0.1) is 6.54 Å². The van der Waals surface area contributed by atoms with Crippen LogP contribution < -0.4 is 10.6 Å². The van der Waals surface area contributed by atoms with Gasteiger partial charge in [-0.15, -0.1) is 11.3 Å². The average Bonchev–Trinajstić information content (AvgIpc) is 3.19. The largest absolute Gasteiger partial charge is 0.343 e. The molecule has 8 heteroatoms. The summed E-state index contributed by atoms with van der Waals surface area (Å²) in [7, 11) is 0. The molecular weight excluding hydrogens is 410 g/mol. The van der Waals surface area contributed by atoms with Crippen LogP contribution in [0, 0.1) is 0 Å². The second kappa shape index (κ2) is 9.89. The van der Waals surface area contributed by atoms with Crippen molar-refractivity contribution >= 4 is 40.7 Å². The van der Waals surface area contributed by atoms with Crippen molar-refractivity contribution in [3.63, 3.8) is 0 Å². The predicted molar refractivity (Wildman–Crippen MR) is 114 cm³/mol. The first-order chi connectivity index (χ1) is 14.0. The molecule has 1 aliphatic heterocycles. The van der Waals surface area contributed by atoms with Crippen molar-refractivity contribution in [2.24, 2.45) is 0 Å². The van der Waals surface area contributed by atoms with Gasteiger partial charge < -0.3 is 15.5 Å². The molecule has 154 valence electrons. The molecule has 0 saturated heterocycles. The number of rotatable bonds is 7. The van der Waals surface area contributed by atoms with Crippen LogP contribution in [0.3, 0.4) is 0 Å². The van der Waals surface area contributed by atoms with Crippen molar-refractivity contribution in [3.8, 4) is 0 Å². The lowest BCUT2D eigenvalue weighted by molar-refractivity contribution is -0.137. The van der Waals surface area contributed by atoms with Crippen LogP contribution in [0.25, 0.3) is 0 Å². The molecule has 2 N–H and O–H groups in total. The molecular formula is C21H24ClN3O3S. The minimum Gasteiger partial charge on any atom is -0.343 e. The predicted octanol–water partition coefficient (Wildman–Crippen LogP) is 3.00. The standard InChI is InChI=1S/C21H24ClN3O3S/c1-2-4-17(21(28)25-9-7-18-15(13-25)8-10-29-18)24-19(26)12-23-20(27)14-5-3-6-16(22)11-14/h3,5-6,8,10-11,17H,2,4,7,9,12-13H2,1H3,(H,23,27)(H,24,26). The molecule has 3 rings (SSSR count). The molecule has 1 aromatic carbocycles. The molecule has 1 unspecified atom stereocenters. The Morgan fingerprint density at radius 3 is 2.86 bits per heavy atom. The van der Waals surface area contributed by atoms with Gasteiger partial charge in [-0.1, -0.05) is 31.0 Å². The summed E-state index contributed by atoms with van der Waals surface area (Å²) >= 11 is 7.61. The van der Waals surface area contributed by atoms with E-state index in [1.54, 1.807) is 34.4 Å². The Morgan fingerprint density at radius 1 is 1.28 bits per heavy atom. The van der Waals surface area contributed by atoms with Crippen molar-refractivity contribution < 1.29 is 14.4 Å². The number of fused-ring (bicyclic) bond motifs is 1. The van der Waals surface area contributed by atoms with Crippen molar-refractivity contribution in [2.45, 2.75) is 38.8 Å². The second-order valence-corrected chi connectivity index (χ2v) is 8.42. The van der Waals surface area contributed by atoms with Crippen LogP contribution in [-0.4, -0.2) is 41.8 Å². The number of nitrogens with one attached hydrogen (secondary N) is 2. The SMILES string of the molecule is CCCC(NC(=O)CNC(=O)c1cccc(Cl)c1)C(=O)N1CCc2sccc2C1. The fourth-order valence-corrected chi connectivity index (χ4v) is 4.42. The summed E-state index contributed by atoms with van der Waals surface area (Å²) in [5.74, 6) is -0.847. The molecule has 0 fully saturated rings. The van der Waals surface area contributed by atoms with E-state index in [-0.39, 0.29) is 24.3 Å². The molecule has 1 atom stereocenters. The fraction of sp³-hybridized carbons (Fsp3) is 0.381. The lowest BCUT2D eigenvalue weighted by atomic mass is 10.1. The van der Waals surface area contributed by atoms with Gasteiger partial charge in [-0.25, -0.2) is 0 Å². The maximum absolute atomic E-state index is 13.0. The molecule has 3 amide bonds. The summed E-state index contributed by atoms with van der Waals surface area (Å²) in [4.78, 5) is 40.6. The summed E-state index contributed by atoms with van der Waals surface area (Å²) in [5.41, 5.74) is 1.57. The highest BCUT2D eigenvalue weighted by Crippen LogP contribution is 2.24. The highest BCUT2D eigenvalue weighted by atomic mass is 35.5. The molecule has 0 bridgehead atoms. The van der Waals surface area contributed by atoms with Gasteiger partial charge in [0.25, 0.3) is 5.91 Å². The summed E-state index contributed by atoms with van der Waals surface area (Å²) in [5, 5.41) is 7.85. The Labute approximate surface area is 179 Å². The highest BCUT2D eigenvalue weighted by Gasteiger charge is 2.28. The zero-order chi connectivity index (χ0) is 20.8. The normalized spacial score (nSPS) is 14.1. The minimum absolute atomic E-state index is 0.0711. The Morgan fingerprint density at radius 2 is 2.10 bits per heavy atom. The maximum Gasteiger partial charge on any atom is 0.251 e. The monoisotopic (exact) mass is 433 g/mol. The molecule has 6 nitrogen and oxygen atoms in total. The number of thiophene rings is 1. The van der Waals surface area contributed by atoms with Crippen LogP contribution in [-0.2, 0) is 22.6 Å². The van der Waals surface area contributed by atoms with E-state index < -0.39 is 6.04 Å². The molecule has 2 heterocycles. The van der Waals surface area contributed by atoms with E-state index in [2.05, 4.69) is 16.7 Å². The Bertz CT molecular complexity index is 899. The van der Waals surface area contributed by atoms with E-state index in [0.29, 0.717) is 30.1 Å². The van der Waals surface area contributed by atoms with E-state index in [1.807, 2.05) is 12.3 Å². The first-order valence-corrected chi connectivity index (χ1v) is 10.9. The van der Waals surface area contributed by atoms with Crippen LogP contribution in [0.5, 0.6) is 0 Å². The number of nitrogens with zero attached hydrogens (tertiary/aromatic N) is 1. The Balaban J connectivity index is 1.54. The van der Waals surface area contributed by atoms with Crippen LogP contribution in [0.4, 0.5) is 0 Å². The minimum atomic E-state index is -0.587. The van der Waals surface area contributed by atoms with Crippen molar-refractivity contribution in [3.05, 3.63) is 56.7 Å². The number of carbonyl (C=O) groups excluding carboxylic acids is 3. The molecule has 0 aliphatic carbocycles. The topological polar surface area (TPSA) is 78.5 Å². The van der Waals surface area contributed by atoms with E-state index in [4.69, 9.17) is 11.6 Å². The van der Waals surface area contributed by atoms with Gasteiger partial charge in [-0.3, -0.25) is 14.4 Å². The first-order valence-electron chi connectivity index (χ1n) is 9.65. The van der Waals surface area contributed by atoms with Crippen LogP contribution in [0.1, 0.15) is 40.6 Å². The summed E-state index contributed by atoms with van der Waals surface area (Å²) in [6.45, 7) is 3.02. The third kappa shape index (κ3) is 5.58. The van der Waals surface area contributed by atoms with E-state index >= 15 is 0 Å². The van der Waals surface area contributed by atoms with Gasteiger partial charge in [-0.05, 0) is 48.1 Å². The van der Waals surface area contributed by atoms with Gasteiger partial charge in [-0.2, -0.15) is 0 Å². The Hall–Kier alpha value is -2.38. The van der Waals surface area contributed by atoms with Gasteiger partial charge in [0.2, 0.25) is 11.8 Å². The van der Waals surface area contributed by atoms with Crippen molar-refractivity contribution in [1.82, 2.24) is 15.5 Å². The van der Waals surface area contributed by atoms with Gasteiger partial charge in [0.15, 0.2) is 0 Å². The molecule has 0 spiro atoms. The first kappa shape index (κ1) is 21.3. The number of amides is 3. The van der Waals surface area contributed by atoms with E-state index in [9.17, 15) is 14.4 Å². The highest BCUT2D eigenvalue weighted by molar-refractivity contribution is 7.10. The number of carbonyl (C=O) groups is 3. The number of hydrogen-bond acceptors (Lipinski definition) is 4. The second-order valence-electron chi connectivity index (χ2n) is 6.98. The third-order valence-electron chi connectivity index (χ3n) is 4.83. The molecule has 1 aromatic heterocycles. The molecule has 0 saturated carbocycles. The van der Waals surface area contributed by atoms with E-state index in [1.165, 1.54) is 16.5 Å². The number of halogens is 1. The zero-order valence-corrected chi connectivity index (χ0v) is 17.8. The quantitative estimate of drug-likeness (QED) is 0.704. The Kier molecular flexibility index (Phi) is 7.28. The molecule has 2 aromatic rings. The summed E-state index contributed by atoms with van der Waals surface area (Å²) < 4.78 is 0. The number of benzene rings is 1. The van der Waals surface area contributed by atoms with Crippen LogP contribution >= 0.6 is 22.9 Å². The van der Waals surface area contributed by atoms with Crippen LogP contribution in [0.2, 0.25) is 5.02 Å². The third-order valence-corrected chi connectivity index (χ3v) is 6.08. The fourth-order valence-electron chi connectivity index (χ4n) is 3.34. The lowest BCUT2D eigenvalue weighted by Crippen LogP contribution is -2.51. The van der Waals surface area contributed by atoms with E-state index in [0.717, 1.165) is 12.8 Å². The van der Waals surface area contributed by atoms with Crippen LogP contribution in [0.15, 0.2) is 35.7 Å². The smallest absolute Gasteiger partial charge is 0.251 e.